The van der Waals surface area contributed by atoms with Crippen LogP contribution in [0.15, 0.2) is 29.3 Å². The Morgan fingerprint density at radius 2 is 1.82 bits per heavy atom. The number of likely N-dealkylation sites (tertiary alicyclic amines) is 1. The average Bonchev–Trinajstić information content (AvgIpc) is 3.16. The topological polar surface area (TPSA) is 58.9 Å². The standard InChI is InChI=1S/C28H42N4O2/c1-20(2)22-9-11-23(12-10-22)31-15-13-24(14-16-31)32-27-8-6-5-7-25(27)26(17-29-19-34-4)28(32)18-30-21(3)33/h5-8,17,20,22-24H,9-16,18-19H2,1-4H3,(H,30,33)/b29-17-. The molecule has 0 radical (unpaired) electrons. The lowest BCUT2D eigenvalue weighted by atomic mass is 9.79. The molecule has 1 saturated carbocycles. The predicted molar refractivity (Wildman–Crippen MR) is 139 cm³/mol. The van der Waals surface area contributed by atoms with E-state index in [1.807, 2.05) is 6.21 Å². The number of hydrogen-bond acceptors (Lipinski definition) is 4. The lowest BCUT2D eigenvalue weighted by Gasteiger charge is -2.42. The number of piperidine rings is 1. The molecule has 1 amide bonds. The van der Waals surface area contributed by atoms with Gasteiger partial charge in [-0.15, -0.1) is 0 Å². The van der Waals surface area contributed by atoms with Crippen molar-refractivity contribution in [2.75, 3.05) is 26.9 Å². The maximum absolute atomic E-state index is 11.8. The number of methoxy groups -OCH3 is 1. The molecule has 2 aliphatic rings. The molecular weight excluding hydrogens is 424 g/mol. The molecule has 1 aliphatic heterocycles. The quantitative estimate of drug-likeness (QED) is 0.547. The highest BCUT2D eigenvalue weighted by Crippen LogP contribution is 2.37. The lowest BCUT2D eigenvalue weighted by molar-refractivity contribution is -0.119. The Bertz CT molecular complexity index is 980. The zero-order valence-corrected chi connectivity index (χ0v) is 21.4. The van der Waals surface area contributed by atoms with Gasteiger partial charge >= 0.3 is 0 Å². The van der Waals surface area contributed by atoms with Crippen molar-refractivity contribution in [3.8, 4) is 0 Å². The molecule has 6 nitrogen and oxygen atoms in total. The van der Waals surface area contributed by atoms with Gasteiger partial charge in [-0.2, -0.15) is 0 Å². The Labute approximate surface area is 204 Å². The van der Waals surface area contributed by atoms with E-state index >= 15 is 0 Å². The largest absolute Gasteiger partial charge is 0.363 e. The molecule has 2 aromatic rings. The second kappa shape index (κ2) is 11.5. The summed E-state index contributed by atoms with van der Waals surface area (Å²) in [5, 5.41) is 4.24. The maximum Gasteiger partial charge on any atom is 0.217 e. The first kappa shape index (κ1) is 24.9. The van der Waals surface area contributed by atoms with Gasteiger partial charge in [0.1, 0.15) is 6.73 Å². The van der Waals surface area contributed by atoms with E-state index in [1.54, 1.807) is 14.0 Å². The minimum Gasteiger partial charge on any atom is -0.363 e. The SMILES string of the molecule is COC/N=C\c1c(CNC(C)=O)n(C2CCN(C3CCC(C(C)C)CC3)CC2)c2ccccc12. The summed E-state index contributed by atoms with van der Waals surface area (Å²) in [5.74, 6) is 1.72. The van der Waals surface area contributed by atoms with E-state index < -0.39 is 0 Å². The first-order valence-electron chi connectivity index (χ1n) is 13.1. The number of ether oxygens (including phenoxy) is 1. The van der Waals surface area contributed by atoms with Crippen LogP contribution in [0.2, 0.25) is 0 Å². The maximum atomic E-state index is 11.8. The van der Waals surface area contributed by atoms with Crippen molar-refractivity contribution in [3.05, 3.63) is 35.5 Å². The van der Waals surface area contributed by atoms with Gasteiger partial charge in [-0.1, -0.05) is 32.0 Å². The number of amides is 1. The van der Waals surface area contributed by atoms with Crippen LogP contribution in [0.5, 0.6) is 0 Å². The minimum absolute atomic E-state index is 0.0107. The van der Waals surface area contributed by atoms with Gasteiger partial charge < -0.3 is 19.5 Å². The third kappa shape index (κ3) is 5.55. The number of fused-ring (bicyclic) bond motifs is 1. The lowest BCUT2D eigenvalue weighted by Crippen LogP contribution is -2.44. The Morgan fingerprint density at radius 3 is 2.47 bits per heavy atom. The van der Waals surface area contributed by atoms with E-state index in [9.17, 15) is 4.79 Å². The Hall–Kier alpha value is -2.18. The van der Waals surface area contributed by atoms with Crippen molar-refractivity contribution < 1.29 is 9.53 Å². The van der Waals surface area contributed by atoms with Crippen LogP contribution in [0, 0.1) is 11.8 Å². The number of para-hydroxylation sites is 1. The van der Waals surface area contributed by atoms with Crippen LogP contribution in [0.25, 0.3) is 10.9 Å². The third-order valence-corrected chi connectivity index (χ3v) is 8.05. The number of carbonyl (C=O) groups is 1. The summed E-state index contributed by atoms with van der Waals surface area (Å²) < 4.78 is 7.64. The van der Waals surface area contributed by atoms with E-state index in [4.69, 9.17) is 4.74 Å². The van der Waals surface area contributed by atoms with Gasteiger partial charge in [-0.3, -0.25) is 9.79 Å². The molecule has 1 N–H and O–H groups in total. The Balaban J connectivity index is 1.55. The fourth-order valence-corrected chi connectivity index (χ4v) is 6.14. The molecular formula is C28H42N4O2. The molecule has 1 aromatic heterocycles. The number of aliphatic imine (C=N–C) groups is 1. The Morgan fingerprint density at radius 1 is 1.12 bits per heavy atom. The normalized spacial score (nSPS) is 22.7. The van der Waals surface area contributed by atoms with E-state index in [0.29, 0.717) is 19.3 Å². The molecule has 0 unspecified atom stereocenters. The fourth-order valence-electron chi connectivity index (χ4n) is 6.14. The summed E-state index contributed by atoms with van der Waals surface area (Å²) in [6.07, 6.45) is 9.68. The average molecular weight is 467 g/mol. The Kier molecular flexibility index (Phi) is 8.43. The van der Waals surface area contributed by atoms with E-state index in [2.05, 4.69) is 57.9 Å². The second-order valence-corrected chi connectivity index (χ2v) is 10.5. The molecule has 1 aliphatic carbocycles. The van der Waals surface area contributed by atoms with Crippen molar-refractivity contribution >= 4 is 23.0 Å². The summed E-state index contributed by atoms with van der Waals surface area (Å²) in [4.78, 5) is 19.0. The number of carbonyl (C=O) groups excluding carboxylic acids is 1. The summed E-state index contributed by atoms with van der Waals surface area (Å²) in [7, 11) is 1.65. The zero-order valence-electron chi connectivity index (χ0n) is 21.4. The van der Waals surface area contributed by atoms with Gasteiger partial charge in [0.25, 0.3) is 0 Å². The third-order valence-electron chi connectivity index (χ3n) is 8.05. The first-order chi connectivity index (χ1) is 16.5. The number of aromatic nitrogens is 1. The minimum atomic E-state index is -0.0107. The van der Waals surface area contributed by atoms with Crippen molar-refractivity contribution in [2.24, 2.45) is 16.8 Å². The summed E-state index contributed by atoms with van der Waals surface area (Å²) in [6.45, 7) is 9.49. The van der Waals surface area contributed by atoms with Crippen LogP contribution in [0.3, 0.4) is 0 Å². The van der Waals surface area contributed by atoms with Crippen LogP contribution in [-0.4, -0.2) is 54.6 Å². The fraction of sp³-hybridized carbons (Fsp3) is 0.643. The molecule has 186 valence electrons. The molecule has 0 atom stereocenters. The van der Waals surface area contributed by atoms with Crippen molar-refractivity contribution in [2.45, 2.75) is 77.9 Å². The molecule has 2 fully saturated rings. The molecule has 2 heterocycles. The molecule has 6 heteroatoms. The summed E-state index contributed by atoms with van der Waals surface area (Å²) in [6, 6.07) is 9.76. The van der Waals surface area contributed by atoms with Crippen LogP contribution in [0.4, 0.5) is 0 Å². The smallest absolute Gasteiger partial charge is 0.217 e. The molecule has 1 saturated heterocycles. The van der Waals surface area contributed by atoms with Crippen molar-refractivity contribution in [1.29, 1.82) is 0 Å². The molecule has 34 heavy (non-hydrogen) atoms. The second-order valence-electron chi connectivity index (χ2n) is 10.5. The van der Waals surface area contributed by atoms with Gasteiger partial charge in [-0.05, 0) is 56.4 Å². The van der Waals surface area contributed by atoms with E-state index in [-0.39, 0.29) is 5.91 Å². The van der Waals surface area contributed by atoms with Gasteiger partial charge in [-0.25, -0.2) is 0 Å². The highest BCUT2D eigenvalue weighted by molar-refractivity contribution is 6.01. The van der Waals surface area contributed by atoms with Gasteiger partial charge in [0.15, 0.2) is 0 Å². The molecule has 4 rings (SSSR count). The monoisotopic (exact) mass is 466 g/mol. The van der Waals surface area contributed by atoms with Crippen molar-refractivity contribution in [1.82, 2.24) is 14.8 Å². The van der Waals surface area contributed by atoms with E-state index in [1.165, 1.54) is 36.6 Å². The number of benzene rings is 1. The molecule has 0 bridgehead atoms. The summed E-state index contributed by atoms with van der Waals surface area (Å²) >= 11 is 0. The first-order valence-corrected chi connectivity index (χ1v) is 13.1. The molecule has 1 aromatic carbocycles. The number of nitrogens with zero attached hydrogens (tertiary/aromatic N) is 3. The van der Waals surface area contributed by atoms with Crippen LogP contribution in [-0.2, 0) is 16.1 Å². The van der Waals surface area contributed by atoms with Crippen LogP contribution in [0.1, 0.15) is 76.6 Å². The number of nitrogens with one attached hydrogen (secondary N) is 1. The number of rotatable bonds is 8. The predicted octanol–water partition coefficient (Wildman–Crippen LogP) is 5.15. The van der Waals surface area contributed by atoms with Crippen LogP contribution < -0.4 is 5.32 Å². The zero-order chi connectivity index (χ0) is 24.1. The van der Waals surface area contributed by atoms with E-state index in [0.717, 1.165) is 55.1 Å². The van der Waals surface area contributed by atoms with Crippen molar-refractivity contribution in [3.63, 3.8) is 0 Å². The van der Waals surface area contributed by atoms with Gasteiger partial charge in [0, 0.05) is 67.6 Å². The highest BCUT2D eigenvalue weighted by Gasteiger charge is 2.31. The molecule has 0 spiro atoms. The summed E-state index contributed by atoms with van der Waals surface area (Å²) in [5.41, 5.74) is 3.47. The number of hydrogen-bond donors (Lipinski definition) is 1. The van der Waals surface area contributed by atoms with Crippen LogP contribution >= 0.6 is 0 Å². The van der Waals surface area contributed by atoms with Gasteiger partial charge in [0.05, 0.1) is 6.54 Å². The van der Waals surface area contributed by atoms with Gasteiger partial charge in [0.2, 0.25) is 5.91 Å². The highest BCUT2D eigenvalue weighted by atomic mass is 16.5.